The average Bonchev–Trinajstić information content (AvgIpc) is 3.73. The van der Waals surface area contributed by atoms with E-state index in [-0.39, 0.29) is 6.61 Å². The third-order valence-electron chi connectivity index (χ3n) is 9.63. The summed E-state index contributed by atoms with van der Waals surface area (Å²) in [5, 5.41) is 4.42. The number of nitrogens with zero attached hydrogens (tertiary/aromatic N) is 3. The Kier molecular flexibility index (Phi) is 10.4. The van der Waals surface area contributed by atoms with E-state index in [2.05, 4.69) is 71.5 Å². The van der Waals surface area contributed by atoms with Gasteiger partial charge in [-0.15, -0.1) is 0 Å². The number of anilines is 2. The predicted octanol–water partition coefficient (Wildman–Crippen LogP) is 9.52. The Morgan fingerprint density at radius 3 is 1.83 bits per heavy atom. The quantitative estimate of drug-likeness (QED) is 0.121. The third kappa shape index (κ3) is 7.77. The van der Waals surface area contributed by atoms with E-state index in [4.69, 9.17) is 28.9 Å². The summed E-state index contributed by atoms with van der Waals surface area (Å²) in [6.45, 7) is 3.54. The maximum Gasteiger partial charge on any atom is 0.165 e. The summed E-state index contributed by atoms with van der Waals surface area (Å²) in [5.41, 5.74) is 5.96. The van der Waals surface area contributed by atoms with Crippen molar-refractivity contribution in [3.63, 3.8) is 0 Å². The summed E-state index contributed by atoms with van der Waals surface area (Å²) in [6, 6.07) is 50.9. The lowest BCUT2D eigenvalue weighted by molar-refractivity contribution is -0.146. The van der Waals surface area contributed by atoms with Gasteiger partial charge in [-0.25, -0.2) is 9.97 Å². The van der Waals surface area contributed by atoms with E-state index in [0.717, 1.165) is 38.9 Å². The summed E-state index contributed by atoms with van der Waals surface area (Å²) in [4.78, 5) is 9.65. The highest BCUT2D eigenvalue weighted by Crippen LogP contribution is 2.45. The normalized spacial score (nSPS) is 19.8. The number of para-hydroxylation sites is 1. The summed E-state index contributed by atoms with van der Waals surface area (Å²) in [5.74, 6) is 0.699. The van der Waals surface area contributed by atoms with Crippen molar-refractivity contribution >= 4 is 22.5 Å². The van der Waals surface area contributed by atoms with E-state index in [1.54, 1.807) is 6.33 Å². The maximum atomic E-state index is 7.20. The zero-order chi connectivity index (χ0) is 35.9. The lowest BCUT2D eigenvalue weighted by Gasteiger charge is -2.31. The van der Waals surface area contributed by atoms with E-state index < -0.39 is 24.0 Å². The van der Waals surface area contributed by atoms with Crippen LogP contribution in [0, 0.1) is 0 Å². The first-order valence-corrected chi connectivity index (χ1v) is 18.0. The van der Waals surface area contributed by atoms with Gasteiger partial charge >= 0.3 is 0 Å². The minimum absolute atomic E-state index is 0.281. The van der Waals surface area contributed by atoms with E-state index in [1.807, 2.05) is 103 Å². The van der Waals surface area contributed by atoms with Crippen molar-refractivity contribution in [1.82, 2.24) is 14.5 Å². The summed E-state index contributed by atoms with van der Waals surface area (Å²) >= 11 is 0. The molecule has 0 bridgehead atoms. The van der Waals surface area contributed by atoms with Crippen LogP contribution in [0.5, 0.6) is 0 Å². The molecule has 5 aromatic carbocycles. The molecule has 53 heavy (non-hydrogen) atoms. The van der Waals surface area contributed by atoms with Crippen LogP contribution in [0.15, 0.2) is 164 Å². The topological polar surface area (TPSA) is 79.7 Å². The Bertz CT molecular complexity index is 2200. The molecule has 8 nitrogen and oxygen atoms in total. The Hall–Kier alpha value is -5.64. The molecule has 2 aromatic heterocycles. The van der Waals surface area contributed by atoms with Crippen molar-refractivity contribution in [3.8, 4) is 11.1 Å². The van der Waals surface area contributed by atoms with Gasteiger partial charge in [-0.05, 0) is 41.3 Å². The van der Waals surface area contributed by atoms with Crippen molar-refractivity contribution in [1.29, 1.82) is 0 Å². The van der Waals surface area contributed by atoms with Crippen LogP contribution in [0.1, 0.15) is 29.8 Å². The lowest BCUT2D eigenvalue weighted by atomic mass is 9.97. The molecule has 1 aliphatic heterocycles. The fourth-order valence-electron chi connectivity index (χ4n) is 7.02. The number of fused-ring (bicyclic) bond motifs is 1. The highest BCUT2D eigenvalue weighted by Gasteiger charge is 2.55. The number of aromatic nitrogens is 3. The number of hydrogen-bond donors (Lipinski definition) is 1. The molecule has 4 atom stereocenters. The molecule has 0 radical (unpaired) electrons. The van der Waals surface area contributed by atoms with Crippen LogP contribution < -0.4 is 5.32 Å². The highest BCUT2D eigenvalue weighted by molar-refractivity contribution is 6.02. The second-order valence-electron chi connectivity index (χ2n) is 13.5. The molecule has 1 fully saturated rings. The van der Waals surface area contributed by atoms with Crippen molar-refractivity contribution < 1.29 is 18.9 Å². The zero-order valence-corrected chi connectivity index (χ0v) is 29.6. The van der Waals surface area contributed by atoms with Gasteiger partial charge in [-0.3, -0.25) is 0 Å². The van der Waals surface area contributed by atoms with E-state index in [1.165, 1.54) is 0 Å². The molecule has 8 rings (SSSR count). The Morgan fingerprint density at radius 1 is 0.660 bits per heavy atom. The first kappa shape index (κ1) is 34.4. The number of ether oxygens (including phenoxy) is 4. The maximum absolute atomic E-state index is 7.20. The molecule has 0 unspecified atom stereocenters. The van der Waals surface area contributed by atoms with E-state index >= 15 is 0 Å². The molecule has 1 saturated heterocycles. The van der Waals surface area contributed by atoms with Gasteiger partial charge in [0.25, 0.3) is 0 Å². The van der Waals surface area contributed by atoms with Crippen molar-refractivity contribution in [2.75, 3.05) is 11.9 Å². The van der Waals surface area contributed by atoms with Crippen LogP contribution in [0.2, 0.25) is 0 Å². The first-order chi connectivity index (χ1) is 26.1. The largest absolute Gasteiger partial charge is 0.374 e. The second kappa shape index (κ2) is 15.9. The van der Waals surface area contributed by atoms with Gasteiger partial charge < -0.3 is 28.8 Å². The number of hydrogen-bond acceptors (Lipinski definition) is 7. The van der Waals surface area contributed by atoms with Gasteiger partial charge in [0.1, 0.15) is 35.6 Å². The van der Waals surface area contributed by atoms with Crippen LogP contribution in [-0.2, 0) is 38.8 Å². The predicted molar refractivity (Wildman–Crippen MR) is 207 cm³/mol. The Balaban J connectivity index is 1.22. The Labute approximate surface area is 310 Å². The SMILES string of the molecule is C[C@]1(COCc2ccccc2)O[C@@H](n2cc(-c3ccccc3)c3c(Nc4ccccc4)ncnc32)[C@H](OCc2ccccc2)[C@@H]1OCc1ccccc1. The van der Waals surface area contributed by atoms with Gasteiger partial charge in [0.05, 0.1) is 31.8 Å². The fraction of sp³-hybridized carbons (Fsp3) is 0.200. The summed E-state index contributed by atoms with van der Waals surface area (Å²) in [6.07, 6.45) is 2.04. The molecule has 0 aliphatic carbocycles. The number of nitrogens with one attached hydrogen (secondary N) is 1. The van der Waals surface area contributed by atoms with Gasteiger partial charge in [0, 0.05) is 17.4 Å². The van der Waals surface area contributed by atoms with E-state index in [0.29, 0.717) is 31.3 Å². The first-order valence-electron chi connectivity index (χ1n) is 18.0. The second-order valence-corrected chi connectivity index (χ2v) is 13.5. The Morgan fingerprint density at radius 2 is 1.21 bits per heavy atom. The summed E-state index contributed by atoms with van der Waals surface area (Å²) < 4.78 is 29.5. The monoisotopic (exact) mass is 702 g/mol. The third-order valence-corrected chi connectivity index (χ3v) is 9.63. The van der Waals surface area contributed by atoms with Crippen molar-refractivity contribution in [2.45, 2.75) is 50.8 Å². The van der Waals surface area contributed by atoms with E-state index in [9.17, 15) is 0 Å². The lowest BCUT2D eigenvalue weighted by Crippen LogP contribution is -2.46. The minimum Gasteiger partial charge on any atom is -0.374 e. The molecule has 266 valence electrons. The number of rotatable bonds is 14. The molecule has 1 N–H and O–H groups in total. The molecular weight excluding hydrogens is 661 g/mol. The van der Waals surface area contributed by atoms with Crippen LogP contribution >= 0.6 is 0 Å². The molecule has 7 aromatic rings. The van der Waals surface area contributed by atoms with Crippen LogP contribution in [-0.4, -0.2) is 39.0 Å². The average molecular weight is 703 g/mol. The van der Waals surface area contributed by atoms with Crippen LogP contribution in [0.25, 0.3) is 22.2 Å². The molecule has 8 heteroatoms. The molecule has 0 amide bonds. The molecule has 0 spiro atoms. The van der Waals surface area contributed by atoms with Crippen LogP contribution in [0.4, 0.5) is 11.5 Å². The standard InChI is InChI=1S/C45H42N4O4/c1-45(31-50-28-33-17-7-2-8-18-33)41(52-30-35-21-11-4-12-22-35)40(51-29-34-19-9-3-10-20-34)44(53-45)49-27-38(36-23-13-5-14-24-36)39-42(46-32-47-43(39)49)48-37-25-15-6-16-26-37/h2-27,32,40-41,44H,28-31H2,1H3,(H,46,47,48)/t40-,41+,44-,45-/m1/s1. The minimum atomic E-state index is -0.892. The van der Waals surface area contributed by atoms with Crippen molar-refractivity contribution in [2.24, 2.45) is 0 Å². The van der Waals surface area contributed by atoms with Crippen molar-refractivity contribution in [3.05, 3.63) is 181 Å². The van der Waals surface area contributed by atoms with Gasteiger partial charge in [-0.1, -0.05) is 140 Å². The molecule has 3 heterocycles. The fourth-order valence-corrected chi connectivity index (χ4v) is 7.02. The molecule has 1 aliphatic rings. The summed E-state index contributed by atoms with van der Waals surface area (Å²) in [7, 11) is 0. The smallest absolute Gasteiger partial charge is 0.165 e. The van der Waals surface area contributed by atoms with Gasteiger partial charge in [0.15, 0.2) is 6.23 Å². The number of benzene rings is 5. The van der Waals surface area contributed by atoms with Gasteiger partial charge in [-0.2, -0.15) is 0 Å². The van der Waals surface area contributed by atoms with Crippen LogP contribution in [0.3, 0.4) is 0 Å². The zero-order valence-electron chi connectivity index (χ0n) is 29.6. The van der Waals surface area contributed by atoms with Gasteiger partial charge in [0.2, 0.25) is 0 Å². The molecular formula is C45H42N4O4. The molecule has 0 saturated carbocycles. The highest BCUT2D eigenvalue weighted by atomic mass is 16.6.